The summed E-state index contributed by atoms with van der Waals surface area (Å²) in [6, 6.07) is 2.70. The number of carbonyl (C=O) groups excluding carboxylic acids is 2. The van der Waals surface area contributed by atoms with E-state index < -0.39 is 23.6 Å². The molecule has 5 nitrogen and oxygen atoms in total. The maximum absolute atomic E-state index is 13.0. The van der Waals surface area contributed by atoms with Gasteiger partial charge in [0.25, 0.3) is 5.91 Å². The molecule has 2 unspecified atom stereocenters. The first-order valence-corrected chi connectivity index (χ1v) is 7.68. The zero-order valence-electron chi connectivity index (χ0n) is 13.5. The highest BCUT2D eigenvalue weighted by Crippen LogP contribution is 2.32. The monoisotopic (exact) mass is 343 g/mol. The lowest BCUT2D eigenvalue weighted by molar-refractivity contribution is -0.137. The topological polar surface area (TPSA) is 70.2 Å². The second-order valence-corrected chi connectivity index (χ2v) is 6.03. The number of piperidine rings is 1. The lowest BCUT2D eigenvalue weighted by atomic mass is 9.94. The van der Waals surface area contributed by atoms with Crippen molar-refractivity contribution < 1.29 is 22.8 Å². The summed E-state index contributed by atoms with van der Waals surface area (Å²) in [5.74, 6) is -0.866. The van der Waals surface area contributed by atoms with Gasteiger partial charge in [-0.15, -0.1) is 0 Å². The Morgan fingerprint density at radius 3 is 2.54 bits per heavy atom. The van der Waals surface area contributed by atoms with Crippen LogP contribution in [0.3, 0.4) is 0 Å². The fourth-order valence-electron chi connectivity index (χ4n) is 2.63. The summed E-state index contributed by atoms with van der Waals surface area (Å²) in [5.41, 5.74) is -1.17. The number of nitrogens with one attached hydrogen (secondary N) is 3. The Morgan fingerprint density at radius 1 is 1.25 bits per heavy atom. The molecule has 2 atom stereocenters. The highest BCUT2D eigenvalue weighted by Gasteiger charge is 2.32. The fourth-order valence-corrected chi connectivity index (χ4v) is 2.63. The van der Waals surface area contributed by atoms with Crippen LogP contribution < -0.4 is 16.0 Å². The normalized spacial score (nSPS) is 21.2. The highest BCUT2D eigenvalue weighted by molar-refractivity contribution is 5.97. The molecule has 1 heterocycles. The van der Waals surface area contributed by atoms with Gasteiger partial charge in [0.05, 0.1) is 5.56 Å². The molecule has 132 valence electrons. The average Bonchev–Trinajstić information content (AvgIpc) is 2.47. The van der Waals surface area contributed by atoms with E-state index in [1.807, 2.05) is 6.92 Å². The third kappa shape index (κ3) is 4.70. The van der Waals surface area contributed by atoms with E-state index in [0.29, 0.717) is 6.54 Å². The molecule has 1 aromatic rings. The van der Waals surface area contributed by atoms with Gasteiger partial charge in [-0.25, -0.2) is 0 Å². The van der Waals surface area contributed by atoms with E-state index in [4.69, 9.17) is 0 Å². The van der Waals surface area contributed by atoms with Gasteiger partial charge in [0.1, 0.15) is 0 Å². The van der Waals surface area contributed by atoms with Gasteiger partial charge in [-0.1, -0.05) is 6.92 Å². The molecular formula is C16H20F3N3O2. The summed E-state index contributed by atoms with van der Waals surface area (Å²) < 4.78 is 39.0. The Hall–Kier alpha value is -2.09. The van der Waals surface area contributed by atoms with Gasteiger partial charge in [-0.05, 0) is 37.1 Å². The third-order valence-electron chi connectivity index (χ3n) is 3.99. The van der Waals surface area contributed by atoms with Crippen molar-refractivity contribution in [2.45, 2.75) is 32.5 Å². The van der Waals surface area contributed by atoms with Crippen molar-refractivity contribution in [3.05, 3.63) is 29.3 Å². The first-order valence-electron chi connectivity index (χ1n) is 7.68. The van der Waals surface area contributed by atoms with Crippen LogP contribution in [0.4, 0.5) is 18.9 Å². The summed E-state index contributed by atoms with van der Waals surface area (Å²) in [6.07, 6.45) is -3.73. The van der Waals surface area contributed by atoms with Crippen LogP contribution >= 0.6 is 0 Å². The largest absolute Gasteiger partial charge is 0.416 e. The molecule has 0 saturated carbocycles. The van der Waals surface area contributed by atoms with E-state index in [9.17, 15) is 22.8 Å². The molecule has 0 aliphatic carbocycles. The van der Waals surface area contributed by atoms with Crippen LogP contribution in [-0.4, -0.2) is 30.9 Å². The zero-order valence-corrected chi connectivity index (χ0v) is 13.5. The lowest BCUT2D eigenvalue weighted by Crippen LogP contribution is -2.50. The molecule has 1 aliphatic heterocycles. The molecule has 0 radical (unpaired) electrons. The van der Waals surface area contributed by atoms with Gasteiger partial charge in [0.15, 0.2) is 0 Å². The Balaban J connectivity index is 2.26. The van der Waals surface area contributed by atoms with Crippen LogP contribution in [0.2, 0.25) is 0 Å². The highest BCUT2D eigenvalue weighted by atomic mass is 19.4. The maximum Gasteiger partial charge on any atom is 0.416 e. The SMILES string of the molecule is CC(=O)Nc1cc(C(=O)NC2CNCCC2C)cc(C(F)(F)F)c1. The first kappa shape index (κ1) is 18.3. The van der Waals surface area contributed by atoms with Gasteiger partial charge in [0.2, 0.25) is 5.91 Å². The number of hydrogen-bond donors (Lipinski definition) is 3. The minimum Gasteiger partial charge on any atom is -0.348 e. The van der Waals surface area contributed by atoms with Gasteiger partial charge in [-0.3, -0.25) is 9.59 Å². The number of carbonyl (C=O) groups is 2. The second-order valence-electron chi connectivity index (χ2n) is 6.03. The smallest absolute Gasteiger partial charge is 0.348 e. The standard InChI is InChI=1S/C16H20F3N3O2/c1-9-3-4-20-8-14(9)22-15(24)11-5-12(16(17,18)19)7-13(6-11)21-10(2)23/h5-7,9,14,20H,3-4,8H2,1-2H3,(H,21,23)(H,22,24). The first-order chi connectivity index (χ1) is 11.2. The fraction of sp³-hybridized carbons (Fsp3) is 0.500. The Labute approximate surface area is 138 Å². The molecule has 1 fully saturated rings. The average molecular weight is 343 g/mol. The summed E-state index contributed by atoms with van der Waals surface area (Å²) in [5, 5.41) is 8.20. The number of benzene rings is 1. The van der Waals surface area contributed by atoms with Crippen molar-refractivity contribution in [2.75, 3.05) is 18.4 Å². The number of anilines is 1. The molecule has 0 bridgehead atoms. The molecule has 2 rings (SSSR count). The van der Waals surface area contributed by atoms with Gasteiger partial charge in [-0.2, -0.15) is 13.2 Å². The van der Waals surface area contributed by atoms with Crippen molar-refractivity contribution in [3.63, 3.8) is 0 Å². The van der Waals surface area contributed by atoms with Crippen LogP contribution in [0.1, 0.15) is 36.2 Å². The predicted octanol–water partition coefficient (Wildman–Crippen LogP) is 2.39. The molecule has 1 aromatic carbocycles. The van der Waals surface area contributed by atoms with Gasteiger partial charge in [0, 0.05) is 30.8 Å². The van der Waals surface area contributed by atoms with Crippen LogP contribution in [0.5, 0.6) is 0 Å². The van der Waals surface area contributed by atoms with E-state index in [1.165, 1.54) is 13.0 Å². The number of rotatable bonds is 3. The van der Waals surface area contributed by atoms with E-state index in [-0.39, 0.29) is 23.2 Å². The van der Waals surface area contributed by atoms with Gasteiger partial charge < -0.3 is 16.0 Å². The Bertz CT molecular complexity index is 631. The lowest BCUT2D eigenvalue weighted by Gasteiger charge is -2.30. The van der Waals surface area contributed by atoms with Crippen molar-refractivity contribution in [3.8, 4) is 0 Å². The van der Waals surface area contributed by atoms with Crippen LogP contribution in [0.15, 0.2) is 18.2 Å². The van der Waals surface area contributed by atoms with Crippen molar-refractivity contribution >= 4 is 17.5 Å². The van der Waals surface area contributed by atoms with Crippen LogP contribution in [0.25, 0.3) is 0 Å². The van der Waals surface area contributed by atoms with Gasteiger partial charge >= 0.3 is 6.18 Å². The number of halogens is 3. The van der Waals surface area contributed by atoms with Crippen molar-refractivity contribution in [1.82, 2.24) is 10.6 Å². The summed E-state index contributed by atoms with van der Waals surface area (Å²) in [4.78, 5) is 23.5. The molecule has 1 aliphatic rings. The molecule has 3 N–H and O–H groups in total. The summed E-state index contributed by atoms with van der Waals surface area (Å²) in [7, 11) is 0. The summed E-state index contributed by atoms with van der Waals surface area (Å²) in [6.45, 7) is 4.60. The molecular weight excluding hydrogens is 323 g/mol. The molecule has 1 saturated heterocycles. The molecule has 2 amide bonds. The molecule has 0 aromatic heterocycles. The van der Waals surface area contributed by atoms with E-state index in [2.05, 4.69) is 16.0 Å². The number of amides is 2. The van der Waals surface area contributed by atoms with Crippen molar-refractivity contribution in [2.24, 2.45) is 5.92 Å². The summed E-state index contributed by atoms with van der Waals surface area (Å²) >= 11 is 0. The minimum atomic E-state index is -4.61. The number of alkyl halides is 3. The zero-order chi connectivity index (χ0) is 17.9. The second kappa shape index (κ2) is 7.21. The maximum atomic E-state index is 13.0. The number of hydrogen-bond acceptors (Lipinski definition) is 3. The molecule has 24 heavy (non-hydrogen) atoms. The Morgan fingerprint density at radius 2 is 1.96 bits per heavy atom. The van der Waals surface area contributed by atoms with E-state index >= 15 is 0 Å². The van der Waals surface area contributed by atoms with Crippen LogP contribution in [0, 0.1) is 5.92 Å². The van der Waals surface area contributed by atoms with Crippen LogP contribution in [-0.2, 0) is 11.0 Å². The van der Waals surface area contributed by atoms with E-state index in [1.54, 1.807) is 0 Å². The molecule has 0 spiro atoms. The van der Waals surface area contributed by atoms with E-state index in [0.717, 1.165) is 25.1 Å². The minimum absolute atomic E-state index is 0.0581. The molecule has 8 heteroatoms. The quantitative estimate of drug-likeness (QED) is 0.789. The van der Waals surface area contributed by atoms with Crippen molar-refractivity contribution in [1.29, 1.82) is 0 Å². The Kier molecular flexibility index (Phi) is 5.48. The third-order valence-corrected chi connectivity index (χ3v) is 3.99. The predicted molar refractivity (Wildman–Crippen MR) is 83.7 cm³/mol.